The summed E-state index contributed by atoms with van der Waals surface area (Å²) in [5.74, 6) is 0. The molecule has 0 saturated heterocycles. The summed E-state index contributed by atoms with van der Waals surface area (Å²) in [6.07, 6.45) is 7.02. The third-order valence-corrected chi connectivity index (χ3v) is 10.5. The van der Waals surface area contributed by atoms with Crippen LogP contribution in [0, 0.1) is 0 Å². The first kappa shape index (κ1) is 26.1. The van der Waals surface area contributed by atoms with Gasteiger partial charge in [-0.25, -0.2) is 0 Å². The molecule has 0 atom stereocenters. The van der Waals surface area contributed by atoms with Gasteiger partial charge in [-0.2, -0.15) is 0 Å². The predicted octanol–water partition coefficient (Wildman–Crippen LogP) is 10.1. The van der Waals surface area contributed by atoms with E-state index in [-0.39, 0.29) is 10.8 Å². The number of allylic oxidation sites excluding steroid dienone is 3. The molecule has 2 heteroatoms. The number of fused-ring (bicyclic) bond motifs is 4. The molecular formula is C42H38BN. The number of rotatable bonds is 1. The molecule has 214 valence electrons. The molecule has 44 heavy (non-hydrogen) atoms. The van der Waals surface area contributed by atoms with Crippen molar-refractivity contribution in [2.75, 3.05) is 4.90 Å². The SMILES string of the molecule is CC(C)(C)c1cc(C(C)(C)C)c2c3c1-c1ccccc1B3C1=C(C=CCC1)N2c1ccc2ccc3cccc4ccc1c2c34. The van der Waals surface area contributed by atoms with Gasteiger partial charge in [0.05, 0.1) is 5.69 Å². The molecule has 0 spiro atoms. The van der Waals surface area contributed by atoms with Crippen molar-refractivity contribution in [2.24, 2.45) is 0 Å². The minimum atomic E-state index is -0.0395. The molecule has 0 amide bonds. The fourth-order valence-electron chi connectivity index (χ4n) is 8.63. The lowest BCUT2D eigenvalue weighted by Crippen LogP contribution is -2.49. The summed E-state index contributed by atoms with van der Waals surface area (Å²) in [7, 11) is 0. The van der Waals surface area contributed by atoms with Gasteiger partial charge in [0.1, 0.15) is 0 Å². The molecular weight excluding hydrogens is 529 g/mol. The van der Waals surface area contributed by atoms with E-state index in [1.165, 1.54) is 82.6 Å². The first-order chi connectivity index (χ1) is 21.1. The Bertz CT molecular complexity index is 2240. The molecule has 0 aromatic heterocycles. The van der Waals surface area contributed by atoms with Crippen molar-refractivity contribution in [2.45, 2.75) is 65.2 Å². The quantitative estimate of drug-likeness (QED) is 0.141. The molecule has 0 bridgehead atoms. The molecule has 1 nitrogen and oxygen atoms in total. The van der Waals surface area contributed by atoms with E-state index in [1.807, 2.05) is 0 Å². The molecule has 9 rings (SSSR count). The van der Waals surface area contributed by atoms with E-state index < -0.39 is 0 Å². The Morgan fingerprint density at radius 3 is 2.11 bits per heavy atom. The van der Waals surface area contributed by atoms with Crippen molar-refractivity contribution in [3.63, 3.8) is 0 Å². The number of nitrogens with zero attached hydrogens (tertiary/aromatic N) is 1. The minimum absolute atomic E-state index is 0.0192. The van der Waals surface area contributed by atoms with Crippen LogP contribution in [0.2, 0.25) is 0 Å². The third kappa shape index (κ3) is 3.37. The average Bonchev–Trinajstić information content (AvgIpc) is 3.35. The van der Waals surface area contributed by atoms with Gasteiger partial charge in [-0.1, -0.05) is 137 Å². The molecule has 2 heterocycles. The van der Waals surface area contributed by atoms with Crippen molar-refractivity contribution in [1.82, 2.24) is 0 Å². The maximum Gasteiger partial charge on any atom is 0.243 e. The monoisotopic (exact) mass is 567 g/mol. The fourth-order valence-corrected chi connectivity index (χ4v) is 8.63. The summed E-state index contributed by atoms with van der Waals surface area (Å²) in [6.45, 7) is 14.7. The van der Waals surface area contributed by atoms with Crippen molar-refractivity contribution in [3.05, 3.63) is 119 Å². The molecule has 6 aromatic carbocycles. The van der Waals surface area contributed by atoms with Crippen LogP contribution >= 0.6 is 0 Å². The molecule has 0 N–H and O–H groups in total. The fraction of sp³-hybridized carbons (Fsp3) is 0.238. The van der Waals surface area contributed by atoms with E-state index >= 15 is 0 Å². The Morgan fingerprint density at radius 2 is 1.36 bits per heavy atom. The molecule has 3 aliphatic rings. The smallest absolute Gasteiger partial charge is 0.243 e. The van der Waals surface area contributed by atoms with Crippen molar-refractivity contribution in [1.29, 1.82) is 0 Å². The first-order valence-corrected chi connectivity index (χ1v) is 16.3. The second kappa shape index (κ2) is 8.66. The topological polar surface area (TPSA) is 3.24 Å². The van der Waals surface area contributed by atoms with Crippen LogP contribution in [0.3, 0.4) is 0 Å². The summed E-state index contributed by atoms with van der Waals surface area (Å²) in [5, 5.41) is 8.04. The van der Waals surface area contributed by atoms with Crippen LogP contribution in [-0.4, -0.2) is 6.71 Å². The van der Waals surface area contributed by atoms with Gasteiger partial charge in [0.2, 0.25) is 6.71 Å². The average molecular weight is 568 g/mol. The zero-order chi connectivity index (χ0) is 30.1. The van der Waals surface area contributed by atoms with E-state index in [1.54, 1.807) is 5.47 Å². The van der Waals surface area contributed by atoms with Crippen LogP contribution in [0.5, 0.6) is 0 Å². The van der Waals surface area contributed by atoms with E-state index in [9.17, 15) is 0 Å². The molecule has 0 fully saturated rings. The Balaban J connectivity index is 1.47. The highest BCUT2D eigenvalue weighted by Gasteiger charge is 2.47. The van der Waals surface area contributed by atoms with E-state index in [0.717, 1.165) is 12.8 Å². The summed E-state index contributed by atoms with van der Waals surface area (Å²) in [6, 6.07) is 32.6. The normalized spacial score (nSPS) is 16.0. The minimum Gasteiger partial charge on any atom is -0.311 e. The standard InChI is InChI=1S/C42H38BN/c1-41(2,3)30-24-31(42(4,5)6)40-39-38(30)28-14-7-8-15-32(28)43(39)33-16-9-10-17-35(33)44(40)34-23-21-27-19-18-25-12-11-13-26-20-22-29(34)37(27)36(25)26/h7-8,10-15,17-24H,9,16H2,1-6H3. The van der Waals surface area contributed by atoms with Gasteiger partial charge < -0.3 is 4.90 Å². The maximum absolute atomic E-state index is 2.69. The van der Waals surface area contributed by atoms with Crippen molar-refractivity contribution >= 4 is 61.3 Å². The van der Waals surface area contributed by atoms with Gasteiger partial charge in [-0.15, -0.1) is 0 Å². The first-order valence-electron chi connectivity index (χ1n) is 16.3. The lowest BCUT2D eigenvalue weighted by atomic mass is 9.35. The number of hydrogen-bond donors (Lipinski definition) is 0. The Kier molecular flexibility index (Phi) is 5.15. The summed E-state index contributed by atoms with van der Waals surface area (Å²) in [4.78, 5) is 2.69. The number of anilines is 2. The van der Waals surface area contributed by atoms with Crippen LogP contribution in [0.4, 0.5) is 11.4 Å². The van der Waals surface area contributed by atoms with Gasteiger partial charge in [-0.05, 0) is 90.5 Å². The lowest BCUT2D eigenvalue weighted by Gasteiger charge is -2.43. The molecule has 6 aromatic rings. The van der Waals surface area contributed by atoms with Crippen molar-refractivity contribution < 1.29 is 0 Å². The van der Waals surface area contributed by atoms with Crippen LogP contribution in [0.25, 0.3) is 43.4 Å². The van der Waals surface area contributed by atoms with Crippen LogP contribution in [0.1, 0.15) is 65.5 Å². The largest absolute Gasteiger partial charge is 0.311 e. The molecule has 0 saturated carbocycles. The van der Waals surface area contributed by atoms with Crippen LogP contribution in [-0.2, 0) is 10.8 Å². The number of benzene rings is 6. The second-order valence-electron chi connectivity index (χ2n) is 15.3. The predicted molar refractivity (Wildman–Crippen MR) is 192 cm³/mol. The van der Waals surface area contributed by atoms with Gasteiger partial charge in [0.25, 0.3) is 0 Å². The second-order valence-corrected chi connectivity index (χ2v) is 15.3. The van der Waals surface area contributed by atoms with E-state index in [0.29, 0.717) is 6.71 Å². The van der Waals surface area contributed by atoms with Gasteiger partial charge in [-0.3, -0.25) is 0 Å². The Hall–Kier alpha value is -4.30. The third-order valence-electron chi connectivity index (χ3n) is 10.5. The summed E-state index contributed by atoms with van der Waals surface area (Å²) < 4.78 is 0. The van der Waals surface area contributed by atoms with Crippen LogP contribution < -0.4 is 15.8 Å². The van der Waals surface area contributed by atoms with Gasteiger partial charge >= 0.3 is 0 Å². The van der Waals surface area contributed by atoms with E-state index in [2.05, 4.69) is 144 Å². The zero-order valence-electron chi connectivity index (χ0n) is 26.7. The maximum atomic E-state index is 2.69. The number of hydrogen-bond acceptors (Lipinski definition) is 1. The summed E-state index contributed by atoms with van der Waals surface area (Å²) >= 11 is 0. The Labute approximate surface area is 261 Å². The molecule has 2 aliphatic heterocycles. The molecule has 1 aliphatic carbocycles. The lowest BCUT2D eigenvalue weighted by molar-refractivity contribution is 0.571. The van der Waals surface area contributed by atoms with E-state index in [4.69, 9.17) is 0 Å². The summed E-state index contributed by atoms with van der Waals surface area (Å²) in [5.41, 5.74) is 14.5. The highest BCUT2D eigenvalue weighted by Crippen LogP contribution is 2.52. The van der Waals surface area contributed by atoms with Crippen molar-refractivity contribution in [3.8, 4) is 11.1 Å². The molecule has 0 unspecified atom stereocenters. The zero-order valence-corrected chi connectivity index (χ0v) is 26.7. The highest BCUT2D eigenvalue weighted by atomic mass is 15.2. The Morgan fingerprint density at radius 1 is 0.682 bits per heavy atom. The van der Waals surface area contributed by atoms with Gasteiger partial charge in [0, 0.05) is 16.8 Å². The van der Waals surface area contributed by atoms with Gasteiger partial charge in [0.15, 0.2) is 0 Å². The highest BCUT2D eigenvalue weighted by molar-refractivity contribution is 6.96. The van der Waals surface area contributed by atoms with Crippen LogP contribution in [0.15, 0.2) is 108 Å². The molecule has 0 radical (unpaired) electrons.